The van der Waals surface area contributed by atoms with Gasteiger partial charge < -0.3 is 14.6 Å². The second kappa shape index (κ2) is 7.09. The molecule has 0 unspecified atom stereocenters. The first kappa shape index (κ1) is 16.6. The lowest BCUT2D eigenvalue weighted by Gasteiger charge is -2.34. The Labute approximate surface area is 142 Å². The van der Waals surface area contributed by atoms with Crippen molar-refractivity contribution in [3.63, 3.8) is 0 Å². The van der Waals surface area contributed by atoms with Gasteiger partial charge in [0.1, 0.15) is 5.76 Å². The lowest BCUT2D eigenvalue weighted by Crippen LogP contribution is -2.51. The van der Waals surface area contributed by atoms with Crippen molar-refractivity contribution < 1.29 is 9.21 Å². The Hall–Kier alpha value is -2.28. The van der Waals surface area contributed by atoms with Crippen LogP contribution in [0.15, 0.2) is 29.0 Å². The molecule has 1 N–H and O–H groups in total. The van der Waals surface area contributed by atoms with E-state index in [-0.39, 0.29) is 12.1 Å². The van der Waals surface area contributed by atoms with Crippen LogP contribution >= 0.6 is 0 Å². The first-order valence-corrected chi connectivity index (χ1v) is 8.33. The van der Waals surface area contributed by atoms with Crippen molar-refractivity contribution in [3.8, 4) is 0 Å². The maximum Gasteiger partial charge on any atom is 0.317 e. The van der Waals surface area contributed by atoms with E-state index in [1.54, 1.807) is 6.26 Å². The number of urea groups is 1. The van der Waals surface area contributed by atoms with Gasteiger partial charge in [-0.15, -0.1) is 0 Å². The highest BCUT2D eigenvalue weighted by atomic mass is 16.3. The fraction of sp³-hybridized carbons (Fsp3) is 0.529. The molecule has 0 spiro atoms. The lowest BCUT2D eigenvalue weighted by atomic mass is 10.1. The lowest BCUT2D eigenvalue weighted by molar-refractivity contribution is 0.128. The van der Waals surface area contributed by atoms with Gasteiger partial charge in [0.2, 0.25) is 0 Å². The quantitative estimate of drug-likeness (QED) is 0.929. The predicted octanol–water partition coefficient (Wildman–Crippen LogP) is 1.91. The highest BCUT2D eigenvalue weighted by molar-refractivity contribution is 5.74. The van der Waals surface area contributed by atoms with Crippen LogP contribution in [0.3, 0.4) is 0 Å². The van der Waals surface area contributed by atoms with Crippen molar-refractivity contribution in [3.05, 3.63) is 41.6 Å². The molecule has 7 heteroatoms. The van der Waals surface area contributed by atoms with E-state index in [9.17, 15) is 4.79 Å². The molecule has 1 fully saturated rings. The monoisotopic (exact) mass is 331 g/mol. The Morgan fingerprint density at radius 1 is 1.38 bits per heavy atom. The van der Waals surface area contributed by atoms with E-state index in [4.69, 9.17) is 4.42 Å². The number of nitrogens with zero attached hydrogens (tertiary/aromatic N) is 4. The van der Waals surface area contributed by atoms with Crippen molar-refractivity contribution >= 4 is 6.03 Å². The van der Waals surface area contributed by atoms with Crippen molar-refractivity contribution in [2.45, 2.75) is 26.4 Å². The third kappa shape index (κ3) is 3.62. The third-order valence-electron chi connectivity index (χ3n) is 4.70. The van der Waals surface area contributed by atoms with Gasteiger partial charge in [0.25, 0.3) is 0 Å². The van der Waals surface area contributed by atoms with E-state index in [0.29, 0.717) is 0 Å². The van der Waals surface area contributed by atoms with Crippen LogP contribution in [0.5, 0.6) is 0 Å². The minimum Gasteiger partial charge on any atom is -0.468 e. The summed E-state index contributed by atoms with van der Waals surface area (Å²) in [6.45, 7) is 7.97. The number of amides is 2. The van der Waals surface area contributed by atoms with Crippen molar-refractivity contribution in [1.82, 2.24) is 24.9 Å². The summed E-state index contributed by atoms with van der Waals surface area (Å²) in [7, 11) is 1.91. The molecule has 0 bridgehead atoms. The van der Waals surface area contributed by atoms with Crippen molar-refractivity contribution in [1.29, 1.82) is 0 Å². The van der Waals surface area contributed by atoms with E-state index in [1.165, 1.54) is 0 Å². The van der Waals surface area contributed by atoms with Crippen LogP contribution in [0, 0.1) is 6.92 Å². The number of hydrogen-bond donors (Lipinski definition) is 1. The molecule has 1 aliphatic rings. The maximum atomic E-state index is 12.5. The smallest absolute Gasteiger partial charge is 0.317 e. The van der Waals surface area contributed by atoms with E-state index >= 15 is 0 Å². The molecule has 0 aromatic carbocycles. The third-order valence-corrected chi connectivity index (χ3v) is 4.70. The van der Waals surface area contributed by atoms with E-state index in [0.717, 1.165) is 49.7 Å². The first-order chi connectivity index (χ1) is 11.5. The van der Waals surface area contributed by atoms with Crippen LogP contribution in [0.1, 0.15) is 30.0 Å². The van der Waals surface area contributed by atoms with Gasteiger partial charge in [-0.05, 0) is 26.0 Å². The number of carbonyl (C=O) groups is 1. The summed E-state index contributed by atoms with van der Waals surface area (Å²) < 4.78 is 7.21. The second-order valence-corrected chi connectivity index (χ2v) is 6.32. The summed E-state index contributed by atoms with van der Waals surface area (Å²) in [5, 5.41) is 7.32. The Kier molecular flexibility index (Phi) is 4.89. The molecule has 24 heavy (non-hydrogen) atoms. The standard InChI is InChI=1S/C17H25N5O2/c1-13(16-11-18-20(3)14(16)2)19-17(23)22-8-6-21(7-9-22)12-15-5-4-10-24-15/h4-5,10-11,13H,6-9,12H2,1-3H3,(H,19,23)/t13-/m0/s1. The van der Waals surface area contributed by atoms with Gasteiger partial charge in [-0.3, -0.25) is 9.58 Å². The molecule has 2 aromatic rings. The molecule has 3 heterocycles. The predicted molar refractivity (Wildman–Crippen MR) is 90.4 cm³/mol. The molecule has 3 rings (SSSR count). The molecule has 2 amide bonds. The molecule has 2 aromatic heterocycles. The largest absolute Gasteiger partial charge is 0.468 e. The average molecular weight is 331 g/mol. The molecule has 7 nitrogen and oxygen atoms in total. The van der Waals surface area contributed by atoms with Crippen LogP contribution in [-0.2, 0) is 13.6 Å². The minimum atomic E-state index is -0.0488. The van der Waals surface area contributed by atoms with E-state index in [1.807, 2.05) is 48.8 Å². The van der Waals surface area contributed by atoms with Crippen LogP contribution in [-0.4, -0.2) is 51.8 Å². The number of hydrogen-bond acceptors (Lipinski definition) is 4. The number of nitrogens with one attached hydrogen (secondary N) is 1. The number of aryl methyl sites for hydroxylation is 1. The molecule has 130 valence electrons. The highest BCUT2D eigenvalue weighted by Crippen LogP contribution is 2.17. The summed E-state index contributed by atoms with van der Waals surface area (Å²) >= 11 is 0. The SMILES string of the molecule is Cc1c([C@H](C)NC(=O)N2CCN(Cc3ccco3)CC2)cnn1C. The fourth-order valence-corrected chi connectivity index (χ4v) is 3.03. The molecular weight excluding hydrogens is 306 g/mol. The summed E-state index contributed by atoms with van der Waals surface area (Å²) in [5.74, 6) is 0.966. The van der Waals surface area contributed by atoms with Gasteiger partial charge >= 0.3 is 6.03 Å². The van der Waals surface area contributed by atoms with E-state index < -0.39 is 0 Å². The Balaban J connectivity index is 1.49. The summed E-state index contributed by atoms with van der Waals surface area (Å²) in [6, 6.07) is 3.83. The summed E-state index contributed by atoms with van der Waals surface area (Å²) in [5.41, 5.74) is 2.13. The molecule has 1 saturated heterocycles. The zero-order chi connectivity index (χ0) is 17.1. The number of piperazine rings is 1. The summed E-state index contributed by atoms with van der Waals surface area (Å²) in [6.07, 6.45) is 3.52. The van der Waals surface area contributed by atoms with Gasteiger partial charge in [0.05, 0.1) is 25.0 Å². The normalized spacial score (nSPS) is 17.0. The van der Waals surface area contributed by atoms with Gasteiger partial charge in [-0.2, -0.15) is 5.10 Å². The molecule has 0 saturated carbocycles. The van der Waals surface area contributed by atoms with Crippen LogP contribution < -0.4 is 5.32 Å². The number of rotatable bonds is 4. The zero-order valence-electron chi connectivity index (χ0n) is 14.5. The molecule has 1 atom stereocenters. The number of aromatic nitrogens is 2. The average Bonchev–Trinajstić information content (AvgIpc) is 3.19. The molecule has 0 radical (unpaired) electrons. The van der Waals surface area contributed by atoms with E-state index in [2.05, 4.69) is 15.3 Å². The van der Waals surface area contributed by atoms with Crippen LogP contribution in [0.2, 0.25) is 0 Å². The number of furan rings is 1. The molecule has 0 aliphatic carbocycles. The molecule has 1 aliphatic heterocycles. The summed E-state index contributed by atoms with van der Waals surface area (Å²) in [4.78, 5) is 16.7. The fourth-order valence-electron chi connectivity index (χ4n) is 3.03. The topological polar surface area (TPSA) is 66.5 Å². The Morgan fingerprint density at radius 2 is 2.12 bits per heavy atom. The Morgan fingerprint density at radius 3 is 2.71 bits per heavy atom. The highest BCUT2D eigenvalue weighted by Gasteiger charge is 2.23. The van der Waals surface area contributed by atoms with Crippen LogP contribution in [0.25, 0.3) is 0 Å². The molecular formula is C17H25N5O2. The van der Waals surface area contributed by atoms with Crippen LogP contribution in [0.4, 0.5) is 4.79 Å². The maximum absolute atomic E-state index is 12.5. The Bertz CT molecular complexity index is 671. The van der Waals surface area contributed by atoms with Gasteiger partial charge in [0, 0.05) is 44.5 Å². The van der Waals surface area contributed by atoms with Gasteiger partial charge in [-0.1, -0.05) is 0 Å². The number of carbonyl (C=O) groups excluding carboxylic acids is 1. The first-order valence-electron chi connectivity index (χ1n) is 8.33. The van der Waals surface area contributed by atoms with Crippen molar-refractivity contribution in [2.75, 3.05) is 26.2 Å². The minimum absolute atomic E-state index is 0.0107. The van der Waals surface area contributed by atoms with Crippen molar-refractivity contribution in [2.24, 2.45) is 7.05 Å². The zero-order valence-corrected chi connectivity index (χ0v) is 14.5. The second-order valence-electron chi connectivity index (χ2n) is 6.32. The van der Waals surface area contributed by atoms with Gasteiger partial charge in [-0.25, -0.2) is 4.79 Å². The van der Waals surface area contributed by atoms with Gasteiger partial charge in [0.15, 0.2) is 0 Å².